The van der Waals surface area contributed by atoms with Crippen LogP contribution in [-0.2, 0) is 0 Å². The molecule has 0 aromatic heterocycles. The topological polar surface area (TPSA) is 0 Å². The second-order valence-corrected chi connectivity index (χ2v) is 6.69. The van der Waals surface area contributed by atoms with Gasteiger partial charge in [0.25, 0.3) is 0 Å². The molecule has 2 fully saturated rings. The van der Waals surface area contributed by atoms with Crippen molar-refractivity contribution in [2.75, 3.05) is 0 Å². The van der Waals surface area contributed by atoms with Crippen LogP contribution in [0.15, 0.2) is 36.3 Å². The maximum atomic E-state index is 4.30. The monoisotopic (exact) mass is 242 g/mol. The van der Waals surface area contributed by atoms with Crippen LogP contribution in [0.5, 0.6) is 0 Å². The van der Waals surface area contributed by atoms with Gasteiger partial charge in [0.15, 0.2) is 6.71 Å². The highest BCUT2D eigenvalue weighted by Gasteiger charge is 2.34. The van der Waals surface area contributed by atoms with Crippen LogP contribution in [0.3, 0.4) is 0 Å². The normalized spacial score (nSPS) is 33.0. The first-order chi connectivity index (χ1) is 8.49. The Balaban J connectivity index is 1.87. The Kier molecular flexibility index (Phi) is 4.19. The summed E-state index contributed by atoms with van der Waals surface area (Å²) in [6.45, 7) is 17.8. The Hall–Kier alpha value is -0.715. The minimum absolute atomic E-state index is 0.617. The van der Waals surface area contributed by atoms with Crippen molar-refractivity contribution in [2.24, 2.45) is 17.8 Å². The number of rotatable bonds is 3. The summed E-state index contributed by atoms with van der Waals surface area (Å²) in [5, 5.41) is 0. The summed E-state index contributed by atoms with van der Waals surface area (Å²) in [6.07, 6.45) is 7.93. The molecule has 18 heavy (non-hydrogen) atoms. The molecule has 1 heteroatoms. The zero-order chi connectivity index (χ0) is 13.3. The first kappa shape index (κ1) is 13.7. The Bertz CT molecular complexity index is 358. The third kappa shape index (κ3) is 2.82. The summed E-state index contributed by atoms with van der Waals surface area (Å²) in [6, 6.07) is 0. The van der Waals surface area contributed by atoms with E-state index in [1.807, 2.05) is 0 Å². The van der Waals surface area contributed by atoms with Gasteiger partial charge in [-0.05, 0) is 43.9 Å². The lowest BCUT2D eigenvalue weighted by Gasteiger charge is -2.30. The molecule has 1 heterocycles. The molecule has 1 aliphatic heterocycles. The maximum Gasteiger partial charge on any atom is 0.198 e. The number of hydrogen-bond donors (Lipinski definition) is 0. The van der Waals surface area contributed by atoms with Crippen molar-refractivity contribution in [3.63, 3.8) is 0 Å². The molecule has 2 aliphatic rings. The third-order valence-corrected chi connectivity index (χ3v) is 5.25. The van der Waals surface area contributed by atoms with Crippen molar-refractivity contribution in [1.29, 1.82) is 0 Å². The zero-order valence-corrected chi connectivity index (χ0v) is 12.2. The second kappa shape index (κ2) is 5.51. The highest BCUT2D eigenvalue weighted by Crippen LogP contribution is 2.40. The molecule has 0 nitrogen and oxygen atoms in total. The van der Waals surface area contributed by atoms with Crippen molar-refractivity contribution in [1.82, 2.24) is 0 Å². The van der Waals surface area contributed by atoms with Gasteiger partial charge in [0, 0.05) is 0 Å². The molecule has 2 rings (SSSR count). The van der Waals surface area contributed by atoms with Gasteiger partial charge in [0.05, 0.1) is 0 Å². The molecule has 0 amide bonds. The predicted molar refractivity (Wildman–Crippen MR) is 82.9 cm³/mol. The van der Waals surface area contributed by atoms with Gasteiger partial charge >= 0.3 is 0 Å². The van der Waals surface area contributed by atoms with Crippen LogP contribution < -0.4 is 0 Å². The minimum atomic E-state index is 0.617. The minimum Gasteiger partial charge on any atom is -0.108 e. The number of hydrogen-bond acceptors (Lipinski definition) is 0. The van der Waals surface area contributed by atoms with Crippen LogP contribution in [0.4, 0.5) is 0 Å². The van der Waals surface area contributed by atoms with Crippen LogP contribution in [0.25, 0.3) is 0 Å². The van der Waals surface area contributed by atoms with Gasteiger partial charge in [0.1, 0.15) is 0 Å². The Morgan fingerprint density at radius 3 is 2.28 bits per heavy atom. The van der Waals surface area contributed by atoms with Gasteiger partial charge in [-0.15, -0.1) is 18.6 Å². The molecule has 0 aromatic rings. The molecular weight excluding hydrogens is 215 g/mol. The molecule has 1 saturated carbocycles. The fraction of sp³-hybridized carbons (Fsp3) is 0.647. The predicted octanol–water partition coefficient (Wildman–Crippen LogP) is 5.09. The van der Waals surface area contributed by atoms with E-state index in [0.29, 0.717) is 12.6 Å². The summed E-state index contributed by atoms with van der Waals surface area (Å²) in [7, 11) is 0. The van der Waals surface area contributed by atoms with Crippen molar-refractivity contribution >= 4 is 6.71 Å². The Morgan fingerprint density at radius 2 is 1.83 bits per heavy atom. The molecule has 1 unspecified atom stereocenters. The number of allylic oxidation sites excluding steroid dienone is 3. The van der Waals surface area contributed by atoms with E-state index in [0.717, 1.165) is 11.8 Å². The van der Waals surface area contributed by atoms with E-state index in [2.05, 4.69) is 33.6 Å². The van der Waals surface area contributed by atoms with Gasteiger partial charge < -0.3 is 0 Å². The SMILES string of the molecule is C=C1CC(C)C(=C)B1CC1CCC(C(=C)C)CC1. The molecule has 0 radical (unpaired) electrons. The second-order valence-electron chi connectivity index (χ2n) is 6.69. The summed E-state index contributed by atoms with van der Waals surface area (Å²) in [4.78, 5) is 0. The van der Waals surface area contributed by atoms with Crippen molar-refractivity contribution < 1.29 is 0 Å². The van der Waals surface area contributed by atoms with E-state index in [1.165, 1.54) is 54.9 Å². The highest BCUT2D eigenvalue weighted by atomic mass is 14.3. The molecule has 0 aromatic carbocycles. The Morgan fingerprint density at radius 1 is 1.22 bits per heavy atom. The lowest BCUT2D eigenvalue weighted by molar-refractivity contribution is 0.320. The highest BCUT2D eigenvalue weighted by molar-refractivity contribution is 6.75. The summed E-state index contributed by atoms with van der Waals surface area (Å²) < 4.78 is 0. The first-order valence-corrected chi connectivity index (χ1v) is 7.50. The van der Waals surface area contributed by atoms with E-state index in [-0.39, 0.29) is 0 Å². The molecule has 98 valence electrons. The molecule has 1 aliphatic carbocycles. The van der Waals surface area contributed by atoms with Crippen molar-refractivity contribution in [2.45, 2.75) is 52.3 Å². The van der Waals surface area contributed by atoms with Gasteiger partial charge in [-0.2, -0.15) is 0 Å². The van der Waals surface area contributed by atoms with Crippen molar-refractivity contribution in [3.8, 4) is 0 Å². The molecular formula is C17H27B. The molecule has 0 spiro atoms. The van der Waals surface area contributed by atoms with Crippen LogP contribution in [0, 0.1) is 17.8 Å². The summed E-state index contributed by atoms with van der Waals surface area (Å²) in [5.74, 6) is 2.34. The molecule has 0 N–H and O–H groups in total. The van der Waals surface area contributed by atoms with Gasteiger partial charge in [-0.1, -0.05) is 43.7 Å². The fourth-order valence-corrected chi connectivity index (χ4v) is 3.81. The quantitative estimate of drug-likeness (QED) is 0.477. The van der Waals surface area contributed by atoms with Crippen LogP contribution >= 0.6 is 0 Å². The zero-order valence-electron chi connectivity index (χ0n) is 12.2. The lowest BCUT2D eigenvalue weighted by atomic mass is 9.38. The van der Waals surface area contributed by atoms with Crippen LogP contribution in [0.2, 0.25) is 6.32 Å². The van der Waals surface area contributed by atoms with E-state index in [1.54, 1.807) is 0 Å². The average molecular weight is 242 g/mol. The van der Waals surface area contributed by atoms with E-state index in [4.69, 9.17) is 0 Å². The van der Waals surface area contributed by atoms with Crippen LogP contribution in [0.1, 0.15) is 46.0 Å². The van der Waals surface area contributed by atoms with E-state index < -0.39 is 0 Å². The van der Waals surface area contributed by atoms with Gasteiger partial charge in [-0.3, -0.25) is 0 Å². The fourth-order valence-electron chi connectivity index (χ4n) is 3.81. The first-order valence-electron chi connectivity index (χ1n) is 7.50. The largest absolute Gasteiger partial charge is 0.198 e. The van der Waals surface area contributed by atoms with Gasteiger partial charge in [-0.25, -0.2) is 0 Å². The third-order valence-electron chi connectivity index (χ3n) is 5.25. The van der Waals surface area contributed by atoms with E-state index >= 15 is 0 Å². The smallest absolute Gasteiger partial charge is 0.108 e. The standard InChI is InChI=1S/C17H27B/c1-12(2)17-8-6-16(7-9-17)11-18-14(4)10-13(3)15(18)5/h13,16-17H,1,4-11H2,2-3H3. The maximum absolute atomic E-state index is 4.30. The molecule has 0 bridgehead atoms. The summed E-state index contributed by atoms with van der Waals surface area (Å²) >= 11 is 0. The van der Waals surface area contributed by atoms with E-state index in [9.17, 15) is 0 Å². The molecule has 1 atom stereocenters. The van der Waals surface area contributed by atoms with Crippen LogP contribution in [-0.4, -0.2) is 6.71 Å². The molecule has 1 saturated heterocycles. The Labute approximate surface area is 113 Å². The summed E-state index contributed by atoms with van der Waals surface area (Å²) in [5.41, 5.74) is 4.27. The van der Waals surface area contributed by atoms with Crippen molar-refractivity contribution in [3.05, 3.63) is 36.3 Å². The average Bonchev–Trinajstić information content (AvgIpc) is 2.57. The lowest BCUT2D eigenvalue weighted by Crippen LogP contribution is -2.22. The van der Waals surface area contributed by atoms with Gasteiger partial charge in [0.2, 0.25) is 0 Å².